The van der Waals surface area contributed by atoms with Crippen molar-refractivity contribution in [2.45, 2.75) is 13.5 Å². The van der Waals surface area contributed by atoms with Crippen molar-refractivity contribution in [2.75, 3.05) is 31.8 Å². The highest BCUT2D eigenvalue weighted by Gasteiger charge is 2.28. The molecular weight excluding hydrogens is 440 g/mol. The van der Waals surface area contributed by atoms with E-state index in [-0.39, 0.29) is 43.9 Å². The van der Waals surface area contributed by atoms with E-state index in [9.17, 15) is 14.4 Å². The third-order valence-corrected chi connectivity index (χ3v) is 5.24. The molecule has 1 aliphatic rings. The zero-order chi connectivity index (χ0) is 24.1. The summed E-state index contributed by atoms with van der Waals surface area (Å²) in [6.45, 7) is 1.50. The summed E-state index contributed by atoms with van der Waals surface area (Å²) in [5.74, 6) is 0.939. The molecule has 0 aliphatic carbocycles. The van der Waals surface area contributed by atoms with Crippen LogP contribution < -0.4 is 24.4 Å². The van der Waals surface area contributed by atoms with Crippen LogP contribution in [0.5, 0.6) is 17.2 Å². The number of aryl methyl sites for hydroxylation is 1. The van der Waals surface area contributed by atoms with Crippen LogP contribution in [0.4, 0.5) is 5.69 Å². The average Bonchev–Trinajstić information content (AvgIpc) is 3.37. The van der Waals surface area contributed by atoms with Crippen molar-refractivity contribution in [3.63, 3.8) is 0 Å². The summed E-state index contributed by atoms with van der Waals surface area (Å²) in [4.78, 5) is 39.0. The maximum atomic E-state index is 12.8. The number of ketones is 1. The number of ether oxygens (including phenoxy) is 3. The zero-order valence-electron chi connectivity index (χ0n) is 18.8. The largest absolute Gasteiger partial charge is 0.493 e. The van der Waals surface area contributed by atoms with Gasteiger partial charge in [-0.15, -0.1) is 0 Å². The van der Waals surface area contributed by atoms with Crippen molar-refractivity contribution in [3.8, 4) is 17.2 Å². The highest BCUT2D eigenvalue weighted by molar-refractivity contribution is 6.04. The standard InChI is InChI=1S/C25H24N2O7/c1-16-5-7-22(23(10-16)31-2)33-14-20(28)17-6-8-21-19(11-17)27(25(30)15-34-21)13-24(29)26-12-18-4-3-9-32-18/h3-11H,12-15H2,1-2H3,(H,26,29). The predicted octanol–water partition coefficient (Wildman–Crippen LogP) is 2.90. The Hall–Kier alpha value is -4.27. The topological polar surface area (TPSA) is 107 Å². The number of rotatable bonds is 9. The lowest BCUT2D eigenvalue weighted by Gasteiger charge is -2.29. The van der Waals surface area contributed by atoms with Crippen molar-refractivity contribution >= 4 is 23.3 Å². The van der Waals surface area contributed by atoms with Gasteiger partial charge in [-0.3, -0.25) is 19.3 Å². The van der Waals surface area contributed by atoms with Gasteiger partial charge in [-0.25, -0.2) is 0 Å². The van der Waals surface area contributed by atoms with Gasteiger partial charge in [0.05, 0.1) is 25.6 Å². The van der Waals surface area contributed by atoms with Crippen LogP contribution in [0.15, 0.2) is 59.2 Å². The van der Waals surface area contributed by atoms with Crippen LogP contribution in [-0.4, -0.2) is 44.5 Å². The second kappa shape index (κ2) is 10.1. The van der Waals surface area contributed by atoms with E-state index >= 15 is 0 Å². The van der Waals surface area contributed by atoms with Gasteiger partial charge in [0.2, 0.25) is 5.91 Å². The molecule has 3 aromatic rings. The Kier molecular flexibility index (Phi) is 6.82. The molecule has 1 N–H and O–H groups in total. The molecule has 0 unspecified atom stereocenters. The summed E-state index contributed by atoms with van der Waals surface area (Å²) in [6, 6.07) is 13.6. The molecule has 34 heavy (non-hydrogen) atoms. The minimum absolute atomic E-state index is 0.192. The van der Waals surface area contributed by atoms with E-state index < -0.39 is 0 Å². The Bertz CT molecular complexity index is 1200. The van der Waals surface area contributed by atoms with Crippen LogP contribution in [0.3, 0.4) is 0 Å². The first kappa shape index (κ1) is 22.9. The molecule has 0 fully saturated rings. The van der Waals surface area contributed by atoms with E-state index in [1.807, 2.05) is 19.1 Å². The summed E-state index contributed by atoms with van der Waals surface area (Å²) in [7, 11) is 1.53. The minimum Gasteiger partial charge on any atom is -0.493 e. The minimum atomic E-state index is -0.383. The quantitative estimate of drug-likeness (QED) is 0.485. The zero-order valence-corrected chi connectivity index (χ0v) is 18.8. The van der Waals surface area contributed by atoms with Gasteiger partial charge in [0.15, 0.2) is 30.5 Å². The third-order valence-electron chi connectivity index (χ3n) is 5.24. The summed E-state index contributed by atoms with van der Waals surface area (Å²) in [5.41, 5.74) is 1.68. The van der Waals surface area contributed by atoms with Gasteiger partial charge >= 0.3 is 0 Å². The first-order valence-corrected chi connectivity index (χ1v) is 10.6. The Balaban J connectivity index is 1.45. The van der Waals surface area contributed by atoms with E-state index in [4.69, 9.17) is 18.6 Å². The molecule has 0 bridgehead atoms. The fourth-order valence-electron chi connectivity index (χ4n) is 3.47. The van der Waals surface area contributed by atoms with Crippen LogP contribution in [0.25, 0.3) is 0 Å². The Morgan fingerprint density at radius 2 is 1.97 bits per heavy atom. The molecule has 176 valence electrons. The lowest BCUT2D eigenvalue weighted by molar-refractivity contribution is -0.125. The second-order valence-electron chi connectivity index (χ2n) is 7.67. The fraction of sp³-hybridized carbons (Fsp3) is 0.240. The van der Waals surface area contributed by atoms with Crippen LogP contribution in [-0.2, 0) is 16.1 Å². The number of anilines is 1. The molecule has 1 aliphatic heterocycles. The Morgan fingerprint density at radius 1 is 1.12 bits per heavy atom. The number of amides is 2. The number of furan rings is 1. The Morgan fingerprint density at radius 3 is 2.74 bits per heavy atom. The van der Waals surface area contributed by atoms with Gasteiger partial charge in [0, 0.05) is 5.56 Å². The second-order valence-corrected chi connectivity index (χ2v) is 7.67. The fourth-order valence-corrected chi connectivity index (χ4v) is 3.47. The van der Waals surface area contributed by atoms with Gasteiger partial charge in [-0.05, 0) is 55.0 Å². The van der Waals surface area contributed by atoms with E-state index in [1.165, 1.54) is 24.3 Å². The molecule has 9 heteroatoms. The van der Waals surface area contributed by atoms with Gasteiger partial charge in [0.25, 0.3) is 5.91 Å². The first-order valence-electron chi connectivity index (χ1n) is 10.6. The number of nitrogens with one attached hydrogen (secondary N) is 1. The van der Waals surface area contributed by atoms with Crippen molar-refractivity contribution in [2.24, 2.45) is 0 Å². The van der Waals surface area contributed by atoms with Crippen LogP contribution in [0.2, 0.25) is 0 Å². The van der Waals surface area contributed by atoms with Crippen LogP contribution >= 0.6 is 0 Å². The monoisotopic (exact) mass is 464 g/mol. The van der Waals surface area contributed by atoms with Crippen LogP contribution in [0.1, 0.15) is 21.7 Å². The SMILES string of the molecule is COc1cc(C)ccc1OCC(=O)c1ccc2c(c1)N(CC(=O)NCc1ccco1)C(=O)CO2. The summed E-state index contributed by atoms with van der Waals surface area (Å²) >= 11 is 0. The van der Waals surface area contributed by atoms with E-state index in [0.29, 0.717) is 34.3 Å². The molecule has 0 spiro atoms. The third kappa shape index (κ3) is 5.20. The first-order chi connectivity index (χ1) is 16.4. The maximum Gasteiger partial charge on any atom is 0.265 e. The molecule has 0 saturated heterocycles. The van der Waals surface area contributed by atoms with E-state index in [0.717, 1.165) is 5.56 Å². The summed E-state index contributed by atoms with van der Waals surface area (Å²) in [5, 5.41) is 2.71. The number of hydrogen-bond donors (Lipinski definition) is 1. The molecular formula is C25H24N2O7. The number of Topliss-reactive ketones (excluding diaryl/α,β-unsaturated/α-hetero) is 1. The van der Waals surface area contributed by atoms with Gasteiger partial charge in [-0.2, -0.15) is 0 Å². The smallest absolute Gasteiger partial charge is 0.265 e. The number of hydrogen-bond acceptors (Lipinski definition) is 7. The molecule has 9 nitrogen and oxygen atoms in total. The van der Waals surface area contributed by atoms with Crippen molar-refractivity contribution in [1.82, 2.24) is 5.32 Å². The van der Waals surface area contributed by atoms with E-state index in [1.54, 1.807) is 30.3 Å². The average molecular weight is 464 g/mol. The summed E-state index contributed by atoms with van der Waals surface area (Å²) in [6.07, 6.45) is 1.51. The van der Waals surface area contributed by atoms with Crippen molar-refractivity contribution in [3.05, 3.63) is 71.7 Å². The normalized spacial score (nSPS) is 12.5. The van der Waals surface area contributed by atoms with Crippen molar-refractivity contribution in [1.29, 1.82) is 0 Å². The number of methoxy groups -OCH3 is 1. The molecule has 2 amide bonds. The molecule has 1 aromatic heterocycles. The van der Waals surface area contributed by atoms with Gasteiger partial charge < -0.3 is 23.9 Å². The Labute approximate surface area is 196 Å². The predicted molar refractivity (Wildman–Crippen MR) is 122 cm³/mol. The van der Waals surface area contributed by atoms with Crippen molar-refractivity contribution < 1.29 is 33.0 Å². The highest BCUT2D eigenvalue weighted by Crippen LogP contribution is 2.33. The highest BCUT2D eigenvalue weighted by atomic mass is 16.5. The maximum absolute atomic E-state index is 12.8. The van der Waals surface area contributed by atoms with Gasteiger partial charge in [0.1, 0.15) is 18.1 Å². The molecule has 4 rings (SSSR count). The lowest BCUT2D eigenvalue weighted by Crippen LogP contribution is -2.45. The number of benzene rings is 2. The van der Waals surface area contributed by atoms with E-state index in [2.05, 4.69) is 5.32 Å². The number of carbonyl (C=O) groups excluding carboxylic acids is 3. The lowest BCUT2D eigenvalue weighted by atomic mass is 10.1. The molecule has 0 atom stereocenters. The van der Waals surface area contributed by atoms with Gasteiger partial charge in [-0.1, -0.05) is 6.07 Å². The molecule has 2 aromatic carbocycles. The van der Waals surface area contributed by atoms with Crippen LogP contribution in [0, 0.1) is 6.92 Å². The molecule has 0 radical (unpaired) electrons. The molecule has 0 saturated carbocycles. The molecule has 2 heterocycles. The number of carbonyl (C=O) groups is 3. The summed E-state index contributed by atoms with van der Waals surface area (Å²) < 4.78 is 21.6. The number of fused-ring (bicyclic) bond motifs is 1. The number of nitrogens with zero attached hydrogens (tertiary/aromatic N) is 1.